The SMILES string of the molecule is CCc1nccc(-c2cccnc2Oc2ccc(NC(=O)NCc3ccccc3)c3ccccc23)n1. The number of urea groups is 1. The highest BCUT2D eigenvalue weighted by Gasteiger charge is 2.14. The Labute approximate surface area is 209 Å². The van der Waals surface area contributed by atoms with Crippen molar-refractivity contribution in [3.8, 4) is 22.9 Å². The summed E-state index contributed by atoms with van der Waals surface area (Å²) < 4.78 is 6.32. The number of hydrogen-bond acceptors (Lipinski definition) is 5. The van der Waals surface area contributed by atoms with Crippen molar-refractivity contribution in [2.24, 2.45) is 0 Å². The summed E-state index contributed by atoms with van der Waals surface area (Å²) >= 11 is 0. The highest BCUT2D eigenvalue weighted by Crippen LogP contribution is 2.36. The summed E-state index contributed by atoms with van der Waals surface area (Å²) in [5.41, 5.74) is 3.25. The number of amides is 2. The van der Waals surface area contributed by atoms with Crippen LogP contribution in [0.2, 0.25) is 0 Å². The van der Waals surface area contributed by atoms with Crippen molar-refractivity contribution in [3.63, 3.8) is 0 Å². The third-order valence-electron chi connectivity index (χ3n) is 5.70. The number of pyridine rings is 1. The average Bonchev–Trinajstić information content (AvgIpc) is 2.94. The highest BCUT2D eigenvalue weighted by atomic mass is 16.5. The zero-order chi connectivity index (χ0) is 24.7. The maximum atomic E-state index is 12.6. The molecule has 7 nitrogen and oxygen atoms in total. The Kier molecular flexibility index (Phi) is 6.80. The molecule has 0 fully saturated rings. The van der Waals surface area contributed by atoms with E-state index in [4.69, 9.17) is 4.74 Å². The summed E-state index contributed by atoms with van der Waals surface area (Å²) in [4.78, 5) is 26.0. The first-order chi connectivity index (χ1) is 17.7. The third kappa shape index (κ3) is 5.15. The Morgan fingerprint density at radius 3 is 2.47 bits per heavy atom. The van der Waals surface area contributed by atoms with Crippen LogP contribution >= 0.6 is 0 Å². The van der Waals surface area contributed by atoms with Gasteiger partial charge in [-0.2, -0.15) is 0 Å². The van der Waals surface area contributed by atoms with E-state index < -0.39 is 0 Å². The first-order valence-corrected chi connectivity index (χ1v) is 11.8. The summed E-state index contributed by atoms with van der Waals surface area (Å²) in [6.45, 7) is 2.46. The summed E-state index contributed by atoms with van der Waals surface area (Å²) in [7, 11) is 0. The number of carbonyl (C=O) groups excluding carboxylic acids is 1. The average molecular weight is 476 g/mol. The lowest BCUT2D eigenvalue weighted by Gasteiger charge is -2.15. The van der Waals surface area contributed by atoms with Crippen LogP contribution in [0.1, 0.15) is 18.3 Å². The quantitative estimate of drug-likeness (QED) is 0.286. The maximum Gasteiger partial charge on any atom is 0.319 e. The zero-order valence-electron chi connectivity index (χ0n) is 19.8. The predicted octanol–water partition coefficient (Wildman–Crippen LogP) is 6.37. The molecule has 36 heavy (non-hydrogen) atoms. The van der Waals surface area contributed by atoms with Crippen molar-refractivity contribution in [1.82, 2.24) is 20.3 Å². The first-order valence-electron chi connectivity index (χ1n) is 11.8. The molecule has 5 aromatic rings. The third-order valence-corrected chi connectivity index (χ3v) is 5.70. The van der Waals surface area contributed by atoms with E-state index in [1.807, 2.05) is 91.9 Å². The molecule has 0 aliphatic carbocycles. The zero-order valence-corrected chi connectivity index (χ0v) is 19.8. The van der Waals surface area contributed by atoms with Crippen LogP contribution in [0.4, 0.5) is 10.5 Å². The van der Waals surface area contributed by atoms with Crippen molar-refractivity contribution in [3.05, 3.63) is 109 Å². The molecule has 0 aliphatic rings. The van der Waals surface area contributed by atoms with Gasteiger partial charge in [0.25, 0.3) is 0 Å². The number of hydrogen-bond donors (Lipinski definition) is 2. The fourth-order valence-electron chi connectivity index (χ4n) is 3.90. The molecule has 7 heteroatoms. The Balaban J connectivity index is 1.41. The lowest BCUT2D eigenvalue weighted by molar-refractivity contribution is 0.252. The van der Waals surface area contributed by atoms with Crippen molar-refractivity contribution in [1.29, 1.82) is 0 Å². The number of nitrogens with one attached hydrogen (secondary N) is 2. The van der Waals surface area contributed by atoms with Gasteiger partial charge in [0.2, 0.25) is 5.88 Å². The van der Waals surface area contributed by atoms with E-state index in [1.54, 1.807) is 12.4 Å². The molecule has 5 rings (SSSR count). The fraction of sp³-hybridized carbons (Fsp3) is 0.103. The molecule has 2 aromatic heterocycles. The van der Waals surface area contributed by atoms with Gasteiger partial charge in [0.05, 0.1) is 16.9 Å². The van der Waals surface area contributed by atoms with E-state index in [1.165, 1.54) is 0 Å². The minimum atomic E-state index is -0.278. The Bertz CT molecular complexity index is 1500. The molecular weight excluding hydrogens is 450 g/mol. The minimum absolute atomic E-state index is 0.278. The number of aryl methyl sites for hydroxylation is 1. The Hall–Kier alpha value is -4.78. The van der Waals surface area contributed by atoms with Gasteiger partial charge >= 0.3 is 6.03 Å². The molecule has 3 aromatic carbocycles. The van der Waals surface area contributed by atoms with Crippen LogP contribution in [0.3, 0.4) is 0 Å². The van der Waals surface area contributed by atoms with Gasteiger partial charge in [-0.25, -0.2) is 19.7 Å². The number of benzene rings is 3. The Morgan fingerprint density at radius 1 is 0.833 bits per heavy atom. The number of nitrogens with zero attached hydrogens (tertiary/aromatic N) is 3. The monoisotopic (exact) mass is 475 g/mol. The van der Waals surface area contributed by atoms with E-state index in [9.17, 15) is 4.79 Å². The number of rotatable bonds is 7. The topological polar surface area (TPSA) is 89.0 Å². The minimum Gasteiger partial charge on any atom is -0.438 e. The largest absolute Gasteiger partial charge is 0.438 e. The summed E-state index contributed by atoms with van der Waals surface area (Å²) in [5, 5.41) is 7.57. The standard InChI is InChI=1S/C29H25N5O2/c1-2-27-30-18-16-25(33-27)23-13-8-17-31-28(23)36-26-15-14-24(21-11-6-7-12-22(21)26)34-29(35)32-19-20-9-4-3-5-10-20/h3-18H,2,19H2,1H3,(H2,32,34,35). The van der Waals surface area contributed by atoms with Gasteiger partial charge in [-0.3, -0.25) is 0 Å². The fourth-order valence-corrected chi connectivity index (χ4v) is 3.90. The maximum absolute atomic E-state index is 12.6. The highest BCUT2D eigenvalue weighted by molar-refractivity contribution is 6.04. The molecule has 0 bridgehead atoms. The van der Waals surface area contributed by atoms with Gasteiger partial charge in [-0.1, -0.05) is 61.5 Å². The lowest BCUT2D eigenvalue weighted by Crippen LogP contribution is -2.28. The molecule has 2 amide bonds. The smallest absolute Gasteiger partial charge is 0.319 e. The van der Waals surface area contributed by atoms with E-state index >= 15 is 0 Å². The number of fused-ring (bicyclic) bond motifs is 1. The molecular formula is C29H25N5O2. The summed E-state index contributed by atoms with van der Waals surface area (Å²) in [6.07, 6.45) is 4.18. The summed E-state index contributed by atoms with van der Waals surface area (Å²) in [5.74, 6) is 1.84. The second-order valence-corrected chi connectivity index (χ2v) is 8.12. The van der Waals surface area contributed by atoms with Gasteiger partial charge in [0.1, 0.15) is 11.6 Å². The van der Waals surface area contributed by atoms with Gasteiger partial charge in [0.15, 0.2) is 0 Å². The Morgan fingerprint density at radius 2 is 1.64 bits per heavy atom. The molecule has 0 atom stereocenters. The van der Waals surface area contributed by atoms with Gasteiger partial charge in [-0.15, -0.1) is 0 Å². The number of aromatic nitrogens is 3. The molecule has 0 spiro atoms. The summed E-state index contributed by atoms with van der Waals surface area (Å²) in [6, 6.07) is 26.6. The molecule has 2 heterocycles. The molecule has 178 valence electrons. The van der Waals surface area contributed by atoms with Gasteiger partial charge in [0, 0.05) is 36.1 Å². The second-order valence-electron chi connectivity index (χ2n) is 8.12. The van der Waals surface area contributed by atoms with Gasteiger partial charge in [-0.05, 0) is 35.9 Å². The van der Waals surface area contributed by atoms with Crippen molar-refractivity contribution >= 4 is 22.5 Å². The molecule has 2 N–H and O–H groups in total. The number of ether oxygens (including phenoxy) is 1. The second kappa shape index (κ2) is 10.7. The molecule has 0 radical (unpaired) electrons. The molecule has 0 unspecified atom stereocenters. The van der Waals surface area contributed by atoms with Crippen molar-refractivity contribution < 1.29 is 9.53 Å². The number of anilines is 1. The van der Waals surface area contributed by atoms with E-state index in [2.05, 4.69) is 25.6 Å². The van der Waals surface area contributed by atoms with E-state index in [0.717, 1.165) is 39.8 Å². The molecule has 0 saturated heterocycles. The van der Waals surface area contributed by atoms with Crippen LogP contribution in [0.5, 0.6) is 11.6 Å². The number of carbonyl (C=O) groups is 1. The molecule has 0 saturated carbocycles. The lowest BCUT2D eigenvalue weighted by atomic mass is 10.1. The van der Waals surface area contributed by atoms with Crippen LogP contribution in [0, 0.1) is 0 Å². The van der Waals surface area contributed by atoms with Gasteiger partial charge < -0.3 is 15.4 Å². The van der Waals surface area contributed by atoms with E-state index in [0.29, 0.717) is 23.9 Å². The van der Waals surface area contributed by atoms with Crippen LogP contribution in [0.15, 0.2) is 97.3 Å². The van der Waals surface area contributed by atoms with Crippen molar-refractivity contribution in [2.75, 3.05) is 5.32 Å². The van der Waals surface area contributed by atoms with Crippen LogP contribution in [-0.4, -0.2) is 21.0 Å². The van der Waals surface area contributed by atoms with Crippen molar-refractivity contribution in [2.45, 2.75) is 19.9 Å². The predicted molar refractivity (Wildman–Crippen MR) is 141 cm³/mol. The normalized spacial score (nSPS) is 10.7. The van der Waals surface area contributed by atoms with Crippen LogP contribution in [0.25, 0.3) is 22.0 Å². The van der Waals surface area contributed by atoms with Crippen LogP contribution in [-0.2, 0) is 13.0 Å². The first kappa shape index (κ1) is 23.0. The van der Waals surface area contributed by atoms with Crippen LogP contribution < -0.4 is 15.4 Å². The van der Waals surface area contributed by atoms with E-state index in [-0.39, 0.29) is 6.03 Å². The molecule has 0 aliphatic heterocycles.